The molecule has 1 unspecified atom stereocenters. The first kappa shape index (κ1) is 16.0. The maximum absolute atomic E-state index is 12.5. The molecular weight excluding hydrogens is 262 g/mol. The van der Waals surface area contributed by atoms with E-state index in [1.165, 1.54) is 0 Å². The minimum atomic E-state index is -0.595. The van der Waals surface area contributed by atoms with Gasteiger partial charge in [-0.2, -0.15) is 0 Å². The van der Waals surface area contributed by atoms with E-state index in [0.717, 1.165) is 11.3 Å². The molecule has 4 heteroatoms. The minimum Gasteiger partial charge on any atom is -0.364 e. The van der Waals surface area contributed by atoms with Crippen LogP contribution in [-0.4, -0.2) is 25.1 Å². The Morgan fingerprint density at radius 1 is 1.37 bits per heavy atom. The zero-order valence-corrected chi connectivity index (χ0v) is 13.0. The van der Waals surface area contributed by atoms with Crippen molar-refractivity contribution >= 4 is 23.2 Å². The van der Waals surface area contributed by atoms with Crippen LogP contribution >= 0.6 is 11.6 Å². The molecule has 19 heavy (non-hydrogen) atoms. The number of alkyl halides is 1. The highest BCUT2D eigenvalue weighted by Gasteiger charge is 2.33. The Balaban J connectivity index is 3.08. The Hall–Kier alpha value is -1.06. The van der Waals surface area contributed by atoms with Gasteiger partial charge in [-0.05, 0) is 24.0 Å². The fourth-order valence-corrected chi connectivity index (χ4v) is 1.87. The van der Waals surface area contributed by atoms with Gasteiger partial charge in [-0.25, -0.2) is 0 Å². The number of anilines is 1. The van der Waals surface area contributed by atoms with E-state index in [0.29, 0.717) is 0 Å². The van der Waals surface area contributed by atoms with Crippen LogP contribution in [-0.2, 0) is 9.53 Å². The molecule has 0 aromatic heterocycles. The predicted molar refractivity (Wildman–Crippen MR) is 79.6 cm³/mol. The molecule has 0 bridgehead atoms. The number of amides is 1. The molecule has 1 atom stereocenters. The fraction of sp³-hybridized carbons (Fsp3) is 0.533. The SMILES string of the molecule is COCN(C(=O)C(Cl)C(C)(C)C)c1ccccc1C. The van der Waals surface area contributed by atoms with Crippen molar-refractivity contribution in [3.63, 3.8) is 0 Å². The number of para-hydroxylation sites is 1. The van der Waals surface area contributed by atoms with E-state index < -0.39 is 5.38 Å². The van der Waals surface area contributed by atoms with Gasteiger partial charge >= 0.3 is 0 Å². The molecule has 0 aliphatic carbocycles. The average Bonchev–Trinajstić information content (AvgIpc) is 2.34. The van der Waals surface area contributed by atoms with E-state index in [-0.39, 0.29) is 18.1 Å². The van der Waals surface area contributed by atoms with Gasteiger partial charge in [-0.15, -0.1) is 11.6 Å². The number of nitrogens with zero attached hydrogens (tertiary/aromatic N) is 1. The number of hydrogen-bond acceptors (Lipinski definition) is 2. The first-order chi connectivity index (χ1) is 8.79. The molecule has 1 aromatic carbocycles. The molecule has 0 heterocycles. The fourth-order valence-electron chi connectivity index (χ4n) is 1.75. The summed E-state index contributed by atoms with van der Waals surface area (Å²) < 4.78 is 5.14. The van der Waals surface area contributed by atoms with Crippen molar-refractivity contribution in [1.82, 2.24) is 0 Å². The highest BCUT2D eigenvalue weighted by molar-refractivity contribution is 6.33. The molecule has 0 aliphatic heterocycles. The van der Waals surface area contributed by atoms with Crippen LogP contribution in [0.3, 0.4) is 0 Å². The molecule has 1 rings (SSSR count). The Bertz CT molecular complexity index is 440. The van der Waals surface area contributed by atoms with Gasteiger partial charge < -0.3 is 4.74 Å². The molecule has 0 aliphatic rings. The monoisotopic (exact) mass is 283 g/mol. The summed E-state index contributed by atoms with van der Waals surface area (Å²) in [7, 11) is 1.57. The summed E-state index contributed by atoms with van der Waals surface area (Å²) in [6.45, 7) is 8.01. The van der Waals surface area contributed by atoms with E-state index in [2.05, 4.69) is 0 Å². The second-order valence-corrected chi connectivity index (χ2v) is 6.14. The number of rotatable bonds is 4. The van der Waals surface area contributed by atoms with Crippen molar-refractivity contribution in [3.05, 3.63) is 29.8 Å². The van der Waals surface area contributed by atoms with E-state index >= 15 is 0 Å². The van der Waals surface area contributed by atoms with Gasteiger partial charge in [0.2, 0.25) is 5.91 Å². The van der Waals surface area contributed by atoms with Crippen molar-refractivity contribution in [3.8, 4) is 0 Å². The number of benzene rings is 1. The topological polar surface area (TPSA) is 29.5 Å². The van der Waals surface area contributed by atoms with E-state index in [1.807, 2.05) is 52.0 Å². The third-order valence-corrected chi connectivity index (χ3v) is 3.75. The number of aryl methyl sites for hydroxylation is 1. The number of carbonyl (C=O) groups is 1. The highest BCUT2D eigenvalue weighted by Crippen LogP contribution is 2.29. The largest absolute Gasteiger partial charge is 0.364 e. The molecular formula is C15H22ClNO2. The van der Waals surface area contributed by atoms with Gasteiger partial charge in [-0.1, -0.05) is 39.0 Å². The standard InChI is InChI=1S/C15H22ClNO2/c1-11-8-6-7-9-12(11)17(10-19-5)14(18)13(16)15(2,3)4/h6-9,13H,10H2,1-5H3. The van der Waals surface area contributed by atoms with Crippen molar-refractivity contribution in [2.45, 2.75) is 33.1 Å². The molecule has 106 valence electrons. The molecule has 1 aromatic rings. The number of hydrogen-bond donors (Lipinski definition) is 0. The zero-order valence-electron chi connectivity index (χ0n) is 12.2. The molecule has 3 nitrogen and oxygen atoms in total. The van der Waals surface area contributed by atoms with Crippen molar-refractivity contribution in [2.75, 3.05) is 18.7 Å². The van der Waals surface area contributed by atoms with Crippen LogP contribution in [0.15, 0.2) is 24.3 Å². The zero-order chi connectivity index (χ0) is 14.6. The number of ether oxygens (including phenoxy) is 1. The summed E-state index contributed by atoms with van der Waals surface area (Å²) in [5, 5.41) is -0.595. The summed E-state index contributed by atoms with van der Waals surface area (Å²) in [5.74, 6) is -0.134. The summed E-state index contributed by atoms with van der Waals surface area (Å²) in [4.78, 5) is 14.1. The van der Waals surface area contributed by atoms with Crippen LogP contribution in [0.2, 0.25) is 0 Å². The summed E-state index contributed by atoms with van der Waals surface area (Å²) in [6, 6.07) is 7.71. The van der Waals surface area contributed by atoms with E-state index in [1.54, 1.807) is 12.0 Å². The number of halogens is 1. The van der Waals surface area contributed by atoms with Gasteiger partial charge in [0.05, 0.1) is 0 Å². The van der Waals surface area contributed by atoms with Crippen LogP contribution < -0.4 is 4.90 Å². The normalized spacial score (nSPS) is 13.2. The summed E-state index contributed by atoms with van der Waals surface area (Å²) >= 11 is 6.29. The van der Waals surface area contributed by atoms with Crippen molar-refractivity contribution in [1.29, 1.82) is 0 Å². The smallest absolute Gasteiger partial charge is 0.247 e. The lowest BCUT2D eigenvalue weighted by molar-refractivity contribution is -0.120. The van der Waals surface area contributed by atoms with Crippen molar-refractivity contribution < 1.29 is 9.53 Å². The van der Waals surface area contributed by atoms with Crippen LogP contribution in [0.5, 0.6) is 0 Å². The number of methoxy groups -OCH3 is 1. The Morgan fingerprint density at radius 2 is 1.95 bits per heavy atom. The van der Waals surface area contributed by atoms with Gasteiger partial charge in [0.15, 0.2) is 0 Å². The maximum atomic E-state index is 12.5. The third-order valence-electron chi connectivity index (χ3n) is 2.91. The molecule has 0 fully saturated rings. The summed E-state index contributed by atoms with van der Waals surface area (Å²) in [6.07, 6.45) is 0. The molecule has 0 saturated carbocycles. The Labute approximate surface area is 120 Å². The molecule has 0 N–H and O–H groups in total. The quantitative estimate of drug-likeness (QED) is 0.624. The van der Waals surface area contributed by atoms with Crippen LogP contribution in [0.1, 0.15) is 26.3 Å². The second kappa shape index (κ2) is 6.40. The van der Waals surface area contributed by atoms with Gasteiger partial charge in [0.25, 0.3) is 0 Å². The average molecular weight is 284 g/mol. The molecule has 1 amide bonds. The maximum Gasteiger partial charge on any atom is 0.247 e. The highest BCUT2D eigenvalue weighted by atomic mass is 35.5. The first-order valence-electron chi connectivity index (χ1n) is 6.29. The second-order valence-electron chi connectivity index (χ2n) is 5.70. The molecule has 0 saturated heterocycles. The Kier molecular flexibility index (Phi) is 5.39. The van der Waals surface area contributed by atoms with Crippen LogP contribution in [0, 0.1) is 12.3 Å². The predicted octanol–water partition coefficient (Wildman–Crippen LogP) is 3.59. The first-order valence-corrected chi connectivity index (χ1v) is 6.72. The Morgan fingerprint density at radius 3 is 2.42 bits per heavy atom. The molecule has 0 spiro atoms. The van der Waals surface area contributed by atoms with Gasteiger partial charge in [-0.3, -0.25) is 9.69 Å². The van der Waals surface area contributed by atoms with Gasteiger partial charge in [0.1, 0.15) is 12.1 Å². The lowest BCUT2D eigenvalue weighted by atomic mass is 9.91. The van der Waals surface area contributed by atoms with E-state index in [9.17, 15) is 4.79 Å². The molecule has 0 radical (unpaired) electrons. The third kappa shape index (κ3) is 3.95. The minimum absolute atomic E-state index is 0.134. The lowest BCUT2D eigenvalue weighted by Crippen LogP contribution is -2.43. The lowest BCUT2D eigenvalue weighted by Gasteiger charge is -2.31. The summed E-state index contributed by atoms with van der Waals surface area (Å²) in [5.41, 5.74) is 1.56. The van der Waals surface area contributed by atoms with Crippen LogP contribution in [0.25, 0.3) is 0 Å². The van der Waals surface area contributed by atoms with Crippen molar-refractivity contribution in [2.24, 2.45) is 5.41 Å². The van der Waals surface area contributed by atoms with Crippen LogP contribution in [0.4, 0.5) is 5.69 Å². The van der Waals surface area contributed by atoms with E-state index in [4.69, 9.17) is 16.3 Å². The number of carbonyl (C=O) groups excluding carboxylic acids is 1. The van der Waals surface area contributed by atoms with Gasteiger partial charge in [0, 0.05) is 12.8 Å².